The Balaban J connectivity index is 2.49. The highest BCUT2D eigenvalue weighted by Crippen LogP contribution is 2.33. The van der Waals surface area contributed by atoms with Crippen molar-refractivity contribution in [3.05, 3.63) is 54.6 Å². The van der Waals surface area contributed by atoms with Gasteiger partial charge in [0.25, 0.3) is 0 Å². The van der Waals surface area contributed by atoms with Crippen molar-refractivity contribution in [2.24, 2.45) is 0 Å². The monoisotopic (exact) mass is 240 g/mol. The molecule has 0 amide bonds. The van der Waals surface area contributed by atoms with Crippen LogP contribution in [0.3, 0.4) is 0 Å². The first-order valence-electron chi connectivity index (χ1n) is 5.73. The fourth-order valence-corrected chi connectivity index (χ4v) is 1.84. The topological polar surface area (TPSA) is 18.5 Å². The van der Waals surface area contributed by atoms with E-state index in [0.29, 0.717) is 0 Å². The summed E-state index contributed by atoms with van der Waals surface area (Å²) in [5, 5.41) is 0. The van der Waals surface area contributed by atoms with Crippen LogP contribution < -0.4 is 9.47 Å². The van der Waals surface area contributed by atoms with E-state index >= 15 is 0 Å². The molecule has 0 unspecified atom stereocenters. The van der Waals surface area contributed by atoms with Gasteiger partial charge in [-0.05, 0) is 29.3 Å². The first-order chi connectivity index (χ1) is 8.78. The predicted molar refractivity (Wildman–Crippen MR) is 75.1 cm³/mol. The number of methoxy groups -OCH3 is 2. The molecule has 2 heteroatoms. The van der Waals surface area contributed by atoms with E-state index in [2.05, 4.69) is 6.58 Å². The summed E-state index contributed by atoms with van der Waals surface area (Å²) < 4.78 is 10.6. The second-order valence-corrected chi connectivity index (χ2v) is 3.89. The van der Waals surface area contributed by atoms with Gasteiger partial charge < -0.3 is 9.47 Å². The normalized spacial score (nSPS) is 9.89. The van der Waals surface area contributed by atoms with E-state index in [1.54, 1.807) is 14.2 Å². The number of hydrogen-bond acceptors (Lipinski definition) is 2. The highest BCUT2D eigenvalue weighted by atomic mass is 16.5. The Morgan fingerprint density at radius 1 is 0.944 bits per heavy atom. The largest absolute Gasteiger partial charge is 0.497 e. The van der Waals surface area contributed by atoms with Gasteiger partial charge in [0, 0.05) is 5.56 Å². The third-order valence-corrected chi connectivity index (χ3v) is 2.86. The lowest BCUT2D eigenvalue weighted by molar-refractivity contribution is 0.404. The van der Waals surface area contributed by atoms with Crippen LogP contribution in [0.4, 0.5) is 0 Å². The van der Waals surface area contributed by atoms with Gasteiger partial charge in [-0.1, -0.05) is 36.9 Å². The minimum absolute atomic E-state index is 0.818. The smallest absolute Gasteiger partial charge is 0.126 e. The Morgan fingerprint density at radius 3 is 2.22 bits per heavy atom. The number of ether oxygens (including phenoxy) is 2. The lowest BCUT2D eigenvalue weighted by Gasteiger charge is -2.10. The van der Waals surface area contributed by atoms with Gasteiger partial charge in [-0.25, -0.2) is 0 Å². The molecule has 0 aliphatic rings. The van der Waals surface area contributed by atoms with Gasteiger partial charge in [0.1, 0.15) is 11.5 Å². The standard InChI is InChI=1S/C16H16O2/c1-4-12-5-7-13(8-6-12)15-11-14(17-2)9-10-16(15)18-3/h4-11H,1H2,2-3H3. The maximum Gasteiger partial charge on any atom is 0.126 e. The number of benzene rings is 2. The van der Waals surface area contributed by atoms with E-state index in [9.17, 15) is 0 Å². The molecule has 0 aromatic heterocycles. The van der Waals surface area contributed by atoms with Crippen molar-refractivity contribution in [2.45, 2.75) is 0 Å². The Hall–Kier alpha value is -2.22. The molecule has 0 radical (unpaired) electrons. The zero-order chi connectivity index (χ0) is 13.0. The van der Waals surface area contributed by atoms with Crippen LogP contribution in [-0.4, -0.2) is 14.2 Å². The van der Waals surface area contributed by atoms with E-state index < -0.39 is 0 Å². The molecule has 18 heavy (non-hydrogen) atoms. The molecule has 92 valence electrons. The minimum Gasteiger partial charge on any atom is -0.497 e. The van der Waals surface area contributed by atoms with Gasteiger partial charge in [0.2, 0.25) is 0 Å². The van der Waals surface area contributed by atoms with Crippen molar-refractivity contribution < 1.29 is 9.47 Å². The lowest BCUT2D eigenvalue weighted by Crippen LogP contribution is -1.90. The second kappa shape index (κ2) is 5.41. The summed E-state index contributed by atoms with van der Waals surface area (Å²) in [5.41, 5.74) is 3.21. The molecule has 2 rings (SSSR count). The van der Waals surface area contributed by atoms with Gasteiger partial charge >= 0.3 is 0 Å². The summed E-state index contributed by atoms with van der Waals surface area (Å²) in [6.07, 6.45) is 1.83. The van der Waals surface area contributed by atoms with Crippen molar-refractivity contribution in [3.63, 3.8) is 0 Å². The zero-order valence-corrected chi connectivity index (χ0v) is 10.6. The molecule has 0 atom stereocenters. The van der Waals surface area contributed by atoms with Crippen LogP contribution in [0.15, 0.2) is 49.0 Å². The molecule has 0 saturated heterocycles. The van der Waals surface area contributed by atoms with E-state index in [1.165, 1.54) is 0 Å². The fraction of sp³-hybridized carbons (Fsp3) is 0.125. The van der Waals surface area contributed by atoms with Crippen LogP contribution in [0, 0.1) is 0 Å². The van der Waals surface area contributed by atoms with E-state index in [1.807, 2.05) is 48.5 Å². The van der Waals surface area contributed by atoms with Crippen molar-refractivity contribution in [1.29, 1.82) is 0 Å². The molecular formula is C16H16O2. The highest BCUT2D eigenvalue weighted by molar-refractivity contribution is 5.73. The third-order valence-electron chi connectivity index (χ3n) is 2.86. The Bertz CT molecular complexity index is 542. The first-order valence-corrected chi connectivity index (χ1v) is 5.73. The van der Waals surface area contributed by atoms with Gasteiger partial charge in [-0.2, -0.15) is 0 Å². The predicted octanol–water partition coefficient (Wildman–Crippen LogP) is 4.01. The maximum absolute atomic E-state index is 5.38. The lowest BCUT2D eigenvalue weighted by atomic mass is 10.0. The molecule has 0 fully saturated rings. The maximum atomic E-state index is 5.38. The summed E-state index contributed by atoms with van der Waals surface area (Å²) in [5.74, 6) is 1.65. The van der Waals surface area contributed by atoms with Crippen molar-refractivity contribution in [2.75, 3.05) is 14.2 Å². The van der Waals surface area contributed by atoms with Crippen LogP contribution in [0.25, 0.3) is 17.2 Å². The molecule has 0 aliphatic heterocycles. The molecule has 2 aromatic carbocycles. The highest BCUT2D eigenvalue weighted by Gasteiger charge is 2.07. The average Bonchev–Trinajstić information content (AvgIpc) is 2.46. The van der Waals surface area contributed by atoms with Crippen molar-refractivity contribution in [3.8, 4) is 22.6 Å². The Morgan fingerprint density at radius 2 is 1.67 bits per heavy atom. The molecule has 0 heterocycles. The summed E-state index contributed by atoms with van der Waals surface area (Å²) in [6, 6.07) is 13.9. The van der Waals surface area contributed by atoms with E-state index in [4.69, 9.17) is 9.47 Å². The molecular weight excluding hydrogens is 224 g/mol. The van der Waals surface area contributed by atoms with E-state index in [-0.39, 0.29) is 0 Å². The van der Waals surface area contributed by atoms with Crippen LogP contribution >= 0.6 is 0 Å². The summed E-state index contributed by atoms with van der Waals surface area (Å²) in [6.45, 7) is 3.75. The first kappa shape index (κ1) is 12.2. The summed E-state index contributed by atoms with van der Waals surface area (Å²) >= 11 is 0. The zero-order valence-electron chi connectivity index (χ0n) is 10.6. The Kier molecular flexibility index (Phi) is 3.68. The fourth-order valence-electron chi connectivity index (χ4n) is 1.84. The van der Waals surface area contributed by atoms with Gasteiger partial charge in [-0.3, -0.25) is 0 Å². The van der Waals surface area contributed by atoms with Crippen molar-refractivity contribution in [1.82, 2.24) is 0 Å². The van der Waals surface area contributed by atoms with Gasteiger partial charge in [0.05, 0.1) is 14.2 Å². The van der Waals surface area contributed by atoms with Crippen LogP contribution in [0.1, 0.15) is 5.56 Å². The van der Waals surface area contributed by atoms with Gasteiger partial charge in [-0.15, -0.1) is 0 Å². The summed E-state index contributed by atoms with van der Waals surface area (Å²) in [4.78, 5) is 0. The molecule has 0 aliphatic carbocycles. The number of rotatable bonds is 4. The molecule has 2 aromatic rings. The SMILES string of the molecule is C=Cc1ccc(-c2cc(OC)ccc2OC)cc1. The third kappa shape index (κ3) is 2.38. The quantitative estimate of drug-likeness (QED) is 0.803. The number of hydrogen-bond donors (Lipinski definition) is 0. The molecule has 0 N–H and O–H groups in total. The van der Waals surface area contributed by atoms with Crippen LogP contribution in [-0.2, 0) is 0 Å². The van der Waals surface area contributed by atoms with Crippen molar-refractivity contribution >= 4 is 6.08 Å². The Labute approximate surface area is 107 Å². The van der Waals surface area contributed by atoms with E-state index in [0.717, 1.165) is 28.2 Å². The second-order valence-electron chi connectivity index (χ2n) is 3.89. The molecule has 2 nitrogen and oxygen atoms in total. The summed E-state index contributed by atoms with van der Waals surface area (Å²) in [7, 11) is 3.33. The van der Waals surface area contributed by atoms with Gasteiger partial charge in [0.15, 0.2) is 0 Å². The van der Waals surface area contributed by atoms with Crippen LogP contribution in [0.5, 0.6) is 11.5 Å². The molecule has 0 saturated carbocycles. The molecule has 0 spiro atoms. The van der Waals surface area contributed by atoms with Crippen LogP contribution in [0.2, 0.25) is 0 Å². The average molecular weight is 240 g/mol. The minimum atomic E-state index is 0.818. The molecule has 0 bridgehead atoms.